The van der Waals surface area contributed by atoms with E-state index in [1.54, 1.807) is 12.4 Å². The van der Waals surface area contributed by atoms with Gasteiger partial charge in [-0.2, -0.15) is 8.78 Å². The molecule has 0 fully saturated rings. The van der Waals surface area contributed by atoms with Crippen molar-refractivity contribution in [3.8, 4) is 11.3 Å². The molecule has 122 valence electrons. The van der Waals surface area contributed by atoms with Gasteiger partial charge in [0.2, 0.25) is 0 Å². The van der Waals surface area contributed by atoms with Crippen LogP contribution in [0.1, 0.15) is 10.4 Å². The van der Waals surface area contributed by atoms with Crippen LogP contribution in [0.15, 0.2) is 59.1 Å². The molecular formula is C16H11F2N3OS2. The van der Waals surface area contributed by atoms with Crippen LogP contribution in [-0.2, 0) is 0 Å². The van der Waals surface area contributed by atoms with Gasteiger partial charge in [-0.05, 0) is 36.4 Å². The number of hydrogen-bond acceptors (Lipinski definition) is 5. The lowest BCUT2D eigenvalue weighted by molar-refractivity contribution is 0.102. The number of carbonyl (C=O) groups excluding carboxylic acids is 1. The first-order chi connectivity index (χ1) is 11.6. The van der Waals surface area contributed by atoms with E-state index in [0.717, 1.165) is 11.3 Å². The SMILES string of the molecule is O=C(Nc1nc(-c2cccnc2)cs1)c1ccc(SC(F)F)cc1. The monoisotopic (exact) mass is 363 g/mol. The Morgan fingerprint density at radius 3 is 2.67 bits per heavy atom. The molecule has 0 aliphatic heterocycles. The highest BCUT2D eigenvalue weighted by atomic mass is 32.2. The van der Waals surface area contributed by atoms with Gasteiger partial charge in [0.15, 0.2) is 5.13 Å². The van der Waals surface area contributed by atoms with Crippen molar-refractivity contribution in [3.63, 3.8) is 0 Å². The first-order valence-electron chi connectivity index (χ1n) is 6.84. The van der Waals surface area contributed by atoms with Crippen LogP contribution in [0.4, 0.5) is 13.9 Å². The highest BCUT2D eigenvalue weighted by molar-refractivity contribution is 7.99. The summed E-state index contributed by atoms with van der Waals surface area (Å²) in [4.78, 5) is 21.0. The smallest absolute Gasteiger partial charge is 0.288 e. The summed E-state index contributed by atoms with van der Waals surface area (Å²) in [6, 6.07) is 9.70. The Morgan fingerprint density at radius 2 is 2.00 bits per heavy atom. The Hall–Kier alpha value is -2.32. The van der Waals surface area contributed by atoms with Crippen LogP contribution in [-0.4, -0.2) is 21.6 Å². The van der Waals surface area contributed by atoms with Gasteiger partial charge in [0.1, 0.15) is 0 Å². The highest BCUT2D eigenvalue weighted by Crippen LogP contribution is 2.26. The van der Waals surface area contributed by atoms with Crippen molar-refractivity contribution in [2.24, 2.45) is 0 Å². The molecule has 0 bridgehead atoms. The lowest BCUT2D eigenvalue weighted by Crippen LogP contribution is -2.11. The topological polar surface area (TPSA) is 54.9 Å². The number of amides is 1. The quantitative estimate of drug-likeness (QED) is 0.663. The summed E-state index contributed by atoms with van der Waals surface area (Å²) >= 11 is 1.75. The molecule has 0 spiro atoms. The zero-order valence-corrected chi connectivity index (χ0v) is 13.8. The third-order valence-electron chi connectivity index (χ3n) is 3.02. The zero-order valence-electron chi connectivity index (χ0n) is 12.1. The normalized spacial score (nSPS) is 10.8. The molecule has 1 aromatic carbocycles. The van der Waals surface area contributed by atoms with Crippen LogP contribution >= 0.6 is 23.1 Å². The highest BCUT2D eigenvalue weighted by Gasteiger charge is 2.11. The molecule has 0 unspecified atom stereocenters. The second kappa shape index (κ2) is 7.50. The first kappa shape index (κ1) is 16.5. The number of nitrogens with one attached hydrogen (secondary N) is 1. The zero-order chi connectivity index (χ0) is 16.9. The van der Waals surface area contributed by atoms with Crippen LogP contribution in [0, 0.1) is 0 Å². The minimum Gasteiger partial charge on any atom is -0.298 e. The number of thiazole rings is 1. The molecule has 4 nitrogen and oxygen atoms in total. The second-order valence-corrected chi connectivity index (χ2v) is 6.56. The van der Waals surface area contributed by atoms with E-state index in [2.05, 4.69) is 15.3 Å². The number of anilines is 1. The van der Waals surface area contributed by atoms with E-state index in [1.807, 2.05) is 17.5 Å². The summed E-state index contributed by atoms with van der Waals surface area (Å²) in [5.41, 5.74) is 1.97. The van der Waals surface area contributed by atoms with E-state index >= 15 is 0 Å². The maximum Gasteiger partial charge on any atom is 0.288 e. The molecule has 0 atom stereocenters. The number of aromatic nitrogens is 2. The van der Waals surface area contributed by atoms with Gasteiger partial charge in [-0.25, -0.2) is 4.98 Å². The molecule has 1 amide bonds. The Balaban J connectivity index is 1.68. The van der Waals surface area contributed by atoms with Crippen molar-refractivity contribution in [1.82, 2.24) is 9.97 Å². The van der Waals surface area contributed by atoms with Crippen molar-refractivity contribution in [2.45, 2.75) is 10.7 Å². The van der Waals surface area contributed by atoms with Crippen LogP contribution < -0.4 is 5.32 Å². The number of carbonyl (C=O) groups is 1. The Labute approximate surface area is 145 Å². The van der Waals surface area contributed by atoms with Crippen LogP contribution in [0.2, 0.25) is 0 Å². The molecule has 2 aromatic heterocycles. The summed E-state index contributed by atoms with van der Waals surface area (Å²) in [5.74, 6) is -2.82. The summed E-state index contributed by atoms with van der Waals surface area (Å²) < 4.78 is 24.6. The fourth-order valence-electron chi connectivity index (χ4n) is 1.94. The summed E-state index contributed by atoms with van der Waals surface area (Å²) in [7, 11) is 0. The van der Waals surface area contributed by atoms with Crippen molar-refractivity contribution in [2.75, 3.05) is 5.32 Å². The van der Waals surface area contributed by atoms with E-state index in [1.165, 1.54) is 35.6 Å². The third kappa shape index (κ3) is 4.15. The maximum atomic E-state index is 12.3. The Bertz CT molecular complexity index is 823. The average Bonchev–Trinajstić information content (AvgIpc) is 3.04. The van der Waals surface area contributed by atoms with E-state index < -0.39 is 5.76 Å². The minimum atomic E-state index is -2.48. The van der Waals surface area contributed by atoms with E-state index in [4.69, 9.17) is 0 Å². The predicted molar refractivity (Wildman–Crippen MR) is 91.6 cm³/mol. The third-order valence-corrected chi connectivity index (χ3v) is 4.50. The Morgan fingerprint density at radius 1 is 1.21 bits per heavy atom. The second-order valence-electron chi connectivity index (χ2n) is 4.64. The van der Waals surface area contributed by atoms with Gasteiger partial charge in [-0.15, -0.1) is 11.3 Å². The van der Waals surface area contributed by atoms with E-state index in [-0.39, 0.29) is 5.91 Å². The fourth-order valence-corrected chi connectivity index (χ4v) is 3.15. The molecule has 0 aliphatic rings. The number of halogens is 2. The van der Waals surface area contributed by atoms with Gasteiger partial charge in [0.05, 0.1) is 5.69 Å². The molecule has 0 saturated heterocycles. The van der Waals surface area contributed by atoms with E-state index in [0.29, 0.717) is 27.4 Å². The minimum absolute atomic E-state index is 0.337. The number of alkyl halides is 2. The Kier molecular flexibility index (Phi) is 5.17. The van der Waals surface area contributed by atoms with Crippen LogP contribution in [0.3, 0.4) is 0 Å². The van der Waals surface area contributed by atoms with Gasteiger partial charge in [-0.3, -0.25) is 15.1 Å². The predicted octanol–water partition coefficient (Wildman–Crippen LogP) is 4.77. The molecule has 8 heteroatoms. The standard InChI is InChI=1S/C16H11F2N3OS2/c17-15(18)24-12-5-3-10(4-6-12)14(22)21-16-20-13(9-23-16)11-2-1-7-19-8-11/h1-9,15H,(H,20,21,22). The first-order valence-corrected chi connectivity index (χ1v) is 8.60. The molecule has 3 rings (SSSR count). The van der Waals surface area contributed by atoms with Crippen molar-refractivity contribution >= 4 is 34.1 Å². The number of pyridine rings is 1. The number of thioether (sulfide) groups is 1. The molecule has 3 aromatic rings. The molecule has 0 radical (unpaired) electrons. The number of hydrogen-bond donors (Lipinski definition) is 1. The molecule has 0 saturated carbocycles. The molecular weight excluding hydrogens is 352 g/mol. The molecule has 2 heterocycles. The van der Waals surface area contributed by atoms with Crippen LogP contribution in [0.5, 0.6) is 0 Å². The summed E-state index contributed by atoms with van der Waals surface area (Å²) in [6.45, 7) is 0. The maximum absolute atomic E-state index is 12.3. The largest absolute Gasteiger partial charge is 0.298 e. The van der Waals surface area contributed by atoms with E-state index in [9.17, 15) is 13.6 Å². The molecule has 24 heavy (non-hydrogen) atoms. The average molecular weight is 363 g/mol. The van der Waals surface area contributed by atoms with Crippen molar-refractivity contribution in [3.05, 3.63) is 59.7 Å². The van der Waals surface area contributed by atoms with Crippen LogP contribution in [0.25, 0.3) is 11.3 Å². The summed E-state index contributed by atoms with van der Waals surface area (Å²) in [6.07, 6.45) is 3.37. The van der Waals surface area contributed by atoms with Gasteiger partial charge < -0.3 is 0 Å². The fraction of sp³-hybridized carbons (Fsp3) is 0.0625. The van der Waals surface area contributed by atoms with Gasteiger partial charge in [0.25, 0.3) is 11.7 Å². The van der Waals surface area contributed by atoms with Crippen molar-refractivity contribution < 1.29 is 13.6 Å². The number of rotatable bonds is 5. The summed E-state index contributed by atoms with van der Waals surface area (Å²) in [5, 5.41) is 4.99. The lowest BCUT2D eigenvalue weighted by atomic mass is 10.2. The van der Waals surface area contributed by atoms with Crippen molar-refractivity contribution in [1.29, 1.82) is 0 Å². The molecule has 1 N–H and O–H groups in total. The number of benzene rings is 1. The van der Waals surface area contributed by atoms with Gasteiger partial charge in [-0.1, -0.05) is 11.8 Å². The molecule has 0 aliphatic carbocycles. The van der Waals surface area contributed by atoms with Gasteiger partial charge >= 0.3 is 0 Å². The van der Waals surface area contributed by atoms with Gasteiger partial charge in [0, 0.05) is 33.8 Å². The lowest BCUT2D eigenvalue weighted by Gasteiger charge is -2.03. The number of nitrogens with zero attached hydrogens (tertiary/aromatic N) is 2.